The highest BCUT2D eigenvalue weighted by Crippen LogP contribution is 2.38. The summed E-state index contributed by atoms with van der Waals surface area (Å²) < 4.78 is 0. The topological polar surface area (TPSA) is 60.7 Å². The van der Waals surface area contributed by atoms with Gasteiger partial charge in [0.25, 0.3) is 0 Å². The molecule has 0 bridgehead atoms. The first-order valence-electron chi connectivity index (χ1n) is 10.2. The third-order valence-electron chi connectivity index (χ3n) is 5.53. The van der Waals surface area contributed by atoms with Crippen LogP contribution in [0.5, 0.6) is 0 Å². The fourth-order valence-corrected chi connectivity index (χ4v) is 4.03. The molecule has 0 radical (unpaired) electrons. The second-order valence-electron chi connectivity index (χ2n) is 9.80. The molecule has 0 unspecified atom stereocenters. The molecular weight excluding hydrogens is 391 g/mol. The number of rotatable bonds is 1. The highest BCUT2D eigenvalue weighted by atomic mass is 31.2. The lowest BCUT2D eigenvalue weighted by atomic mass is 9.76. The van der Waals surface area contributed by atoms with Crippen LogP contribution in [0.1, 0.15) is 52.7 Å². The van der Waals surface area contributed by atoms with Crippen LogP contribution in [0, 0.1) is 20.9 Å². The third-order valence-corrected chi connectivity index (χ3v) is 5.53. The lowest BCUT2D eigenvalue weighted by Gasteiger charge is -2.28. The van der Waals surface area contributed by atoms with E-state index in [-0.39, 0.29) is 10.8 Å². The zero-order valence-electron chi connectivity index (χ0n) is 18.6. The summed E-state index contributed by atoms with van der Waals surface area (Å²) in [7, 11) is -2.62. The largest absolute Gasteiger partial charge is 0.328 e. The van der Waals surface area contributed by atoms with Gasteiger partial charge in [-0.3, -0.25) is 0 Å². The van der Waals surface area contributed by atoms with Crippen molar-refractivity contribution < 1.29 is 14.7 Å². The van der Waals surface area contributed by atoms with Gasteiger partial charge in [0.05, 0.1) is 0 Å². The summed E-state index contributed by atoms with van der Waals surface area (Å²) in [5, 5.41) is 5.57. The zero-order chi connectivity index (χ0) is 22.3. The zero-order valence-corrected chi connectivity index (χ0v) is 19.5. The molecule has 30 heavy (non-hydrogen) atoms. The van der Waals surface area contributed by atoms with Crippen molar-refractivity contribution in [2.75, 3.05) is 0 Å². The summed E-state index contributed by atoms with van der Waals surface area (Å²) in [6.07, 6.45) is 0. The van der Waals surface area contributed by atoms with Crippen molar-refractivity contribution in [1.82, 2.24) is 0 Å². The van der Waals surface area contributed by atoms with Crippen LogP contribution < -0.4 is 0 Å². The van der Waals surface area contributed by atoms with Crippen LogP contribution >= 0.6 is 8.60 Å². The summed E-state index contributed by atoms with van der Waals surface area (Å²) in [6, 6.07) is 22.6. The number of hydrogen-bond acceptors (Lipinski definition) is 3. The summed E-state index contributed by atoms with van der Waals surface area (Å²) in [4.78, 5) is 21.7. The smallest absolute Gasteiger partial charge is 0.324 e. The minimum Gasteiger partial charge on any atom is -0.328 e. The summed E-state index contributed by atoms with van der Waals surface area (Å²) >= 11 is 0. The molecule has 3 aromatic carbocycles. The van der Waals surface area contributed by atoms with Gasteiger partial charge in [0.2, 0.25) is 0 Å². The van der Waals surface area contributed by atoms with Gasteiger partial charge in [0, 0.05) is 0 Å². The van der Waals surface area contributed by atoms with E-state index in [0.29, 0.717) is 0 Å². The van der Waals surface area contributed by atoms with Crippen LogP contribution in [-0.2, 0) is 10.8 Å². The molecule has 1 aliphatic rings. The van der Waals surface area contributed by atoms with Gasteiger partial charge in [0.15, 0.2) is 0 Å². The number of fused-ring (bicyclic) bond motifs is 2. The highest BCUT2D eigenvalue weighted by molar-refractivity contribution is 7.38. The molecule has 4 heteroatoms. The molecular formula is C26H31O3P. The monoisotopic (exact) mass is 422 g/mol. The Balaban J connectivity index is 0.000000589. The Hall–Kier alpha value is -2.03. The van der Waals surface area contributed by atoms with Gasteiger partial charge in [-0.15, -0.1) is 0 Å². The van der Waals surface area contributed by atoms with E-state index in [2.05, 4.69) is 102 Å². The first kappa shape index (κ1) is 22.7. The summed E-state index contributed by atoms with van der Waals surface area (Å²) in [5.74, 6) is 0. The molecule has 0 aromatic heterocycles. The van der Waals surface area contributed by atoms with E-state index in [9.17, 15) is 0 Å². The average molecular weight is 423 g/mol. The van der Waals surface area contributed by atoms with Crippen LogP contribution in [0.4, 0.5) is 0 Å². The molecule has 0 spiro atoms. The van der Waals surface area contributed by atoms with Gasteiger partial charge >= 0.3 is 8.60 Å². The highest BCUT2D eigenvalue weighted by Gasteiger charge is 2.23. The summed E-state index contributed by atoms with van der Waals surface area (Å²) in [5.41, 5.74) is 5.84. The summed E-state index contributed by atoms with van der Waals surface area (Å²) in [6.45, 7) is 13.8. The van der Waals surface area contributed by atoms with Crippen molar-refractivity contribution in [3.63, 3.8) is 0 Å². The van der Waals surface area contributed by atoms with Crippen molar-refractivity contribution in [2.45, 2.75) is 52.4 Å². The molecule has 0 amide bonds. The third kappa shape index (κ3) is 4.50. The first-order chi connectivity index (χ1) is 13.9. The van der Waals surface area contributed by atoms with Gasteiger partial charge in [-0.2, -0.15) is 0 Å². The van der Waals surface area contributed by atoms with Crippen LogP contribution in [0.3, 0.4) is 0 Å². The number of benzene rings is 3. The Kier molecular flexibility index (Phi) is 6.23. The molecule has 0 fully saturated rings. The molecule has 3 N–H and O–H groups in total. The maximum atomic E-state index is 7.23. The predicted octanol–water partition coefficient (Wildman–Crippen LogP) is 6.03. The predicted molar refractivity (Wildman–Crippen MR) is 125 cm³/mol. The van der Waals surface area contributed by atoms with Crippen LogP contribution in [0.25, 0.3) is 11.1 Å². The fourth-order valence-electron chi connectivity index (χ4n) is 4.03. The van der Waals surface area contributed by atoms with Crippen LogP contribution in [0.15, 0.2) is 60.7 Å². The fraction of sp³-hybridized carbons (Fsp3) is 0.308. The second-order valence-corrected chi connectivity index (χ2v) is 10.3. The van der Waals surface area contributed by atoms with Crippen LogP contribution in [0.2, 0.25) is 0 Å². The second kappa shape index (κ2) is 8.24. The Bertz CT molecular complexity index is 1250. The quantitative estimate of drug-likeness (QED) is 0.329. The van der Waals surface area contributed by atoms with E-state index in [1.165, 1.54) is 43.1 Å². The molecule has 1 aliphatic carbocycles. The lowest BCUT2D eigenvalue weighted by molar-refractivity contribution is 0.368. The minimum atomic E-state index is -2.62. The molecule has 3 aromatic rings. The molecule has 4 rings (SSSR count). The van der Waals surface area contributed by atoms with Crippen molar-refractivity contribution in [2.24, 2.45) is 0 Å². The maximum absolute atomic E-state index is 7.23. The maximum Gasteiger partial charge on any atom is 0.324 e. The van der Waals surface area contributed by atoms with E-state index in [1.54, 1.807) is 0 Å². The molecule has 3 nitrogen and oxygen atoms in total. The van der Waals surface area contributed by atoms with E-state index < -0.39 is 8.60 Å². The van der Waals surface area contributed by atoms with E-state index in [1.807, 2.05) is 0 Å². The van der Waals surface area contributed by atoms with Gasteiger partial charge < -0.3 is 14.7 Å². The molecule has 0 saturated heterocycles. The van der Waals surface area contributed by atoms with Crippen molar-refractivity contribution >= 4 is 8.60 Å². The van der Waals surface area contributed by atoms with Crippen LogP contribution in [-0.4, -0.2) is 14.7 Å². The Morgan fingerprint density at radius 3 is 1.73 bits per heavy atom. The van der Waals surface area contributed by atoms with Gasteiger partial charge in [-0.1, -0.05) is 102 Å². The molecule has 0 aliphatic heterocycles. The SMILES string of the molecule is CC(C)(C)c1ccc(-c2cccc3c2=c2ccccc2=3)c(C(C)(C)C)c1.OP(O)O. The van der Waals surface area contributed by atoms with Gasteiger partial charge in [-0.25, -0.2) is 0 Å². The van der Waals surface area contributed by atoms with E-state index >= 15 is 0 Å². The van der Waals surface area contributed by atoms with E-state index in [0.717, 1.165) is 0 Å². The van der Waals surface area contributed by atoms with E-state index in [4.69, 9.17) is 14.7 Å². The standard InChI is InChI=1S/C26H28.H3O3P/c1-25(2,3)17-14-15-19(23(16-17)26(4,5)6)22-13-9-12-21-18-10-7-8-11-20(18)24(21)22;1-4(2)3/h7-16H,1-6H3;1-3H. The number of hydrogen-bond donors (Lipinski definition) is 3. The van der Waals surface area contributed by atoms with Gasteiger partial charge in [0.1, 0.15) is 0 Å². The molecule has 0 heterocycles. The Labute approximate surface area is 179 Å². The van der Waals surface area contributed by atoms with Gasteiger partial charge in [-0.05, 0) is 54.0 Å². The molecule has 0 atom stereocenters. The normalized spacial score (nSPS) is 12.5. The van der Waals surface area contributed by atoms with Crippen molar-refractivity contribution in [3.8, 4) is 11.1 Å². The van der Waals surface area contributed by atoms with Crippen molar-refractivity contribution in [1.29, 1.82) is 0 Å². The minimum absolute atomic E-state index is 0.0998. The average Bonchev–Trinajstić information content (AvgIpc) is 2.63. The van der Waals surface area contributed by atoms with Crippen molar-refractivity contribution in [3.05, 3.63) is 92.7 Å². The lowest BCUT2D eigenvalue weighted by Crippen LogP contribution is -2.17. The molecule has 158 valence electrons. The first-order valence-corrected chi connectivity index (χ1v) is 11.4. The molecule has 0 saturated carbocycles. The Morgan fingerprint density at radius 1 is 0.600 bits per heavy atom. The Morgan fingerprint density at radius 2 is 1.17 bits per heavy atom.